The van der Waals surface area contributed by atoms with E-state index in [-0.39, 0.29) is 23.4 Å². The van der Waals surface area contributed by atoms with Crippen LogP contribution in [0, 0.1) is 12.7 Å². The third-order valence-corrected chi connectivity index (χ3v) is 4.84. The number of rotatable bonds is 6. The molecule has 1 atom stereocenters. The highest BCUT2D eigenvalue weighted by atomic mass is 35.5. The molecule has 0 spiro atoms. The number of hydrogen-bond acceptors (Lipinski definition) is 3. The van der Waals surface area contributed by atoms with Crippen LogP contribution in [0.1, 0.15) is 37.9 Å². The van der Waals surface area contributed by atoms with Crippen molar-refractivity contribution >= 4 is 29.1 Å². The van der Waals surface area contributed by atoms with Gasteiger partial charge in [0.15, 0.2) is 0 Å². The third-order valence-electron chi connectivity index (χ3n) is 4.59. The Hall–Kier alpha value is -3.22. The molecule has 0 aromatic heterocycles. The summed E-state index contributed by atoms with van der Waals surface area (Å²) < 4.78 is 13.9. The number of halogens is 2. The summed E-state index contributed by atoms with van der Waals surface area (Å²) >= 11 is 5.84. The molecule has 3 N–H and O–H groups in total. The van der Waals surface area contributed by atoms with Crippen molar-refractivity contribution in [2.75, 3.05) is 11.9 Å². The summed E-state index contributed by atoms with van der Waals surface area (Å²) in [6.07, 6.45) is -0.924. The van der Waals surface area contributed by atoms with Crippen LogP contribution in [0.2, 0.25) is 5.02 Å². The van der Waals surface area contributed by atoms with E-state index in [1.807, 2.05) is 0 Å². The van der Waals surface area contributed by atoms with Gasteiger partial charge < -0.3 is 15.7 Å². The van der Waals surface area contributed by atoms with Crippen LogP contribution in [-0.4, -0.2) is 23.5 Å². The van der Waals surface area contributed by atoms with Gasteiger partial charge in [-0.25, -0.2) is 4.39 Å². The minimum Gasteiger partial charge on any atom is -0.387 e. The van der Waals surface area contributed by atoms with Crippen molar-refractivity contribution in [1.29, 1.82) is 0 Å². The summed E-state index contributed by atoms with van der Waals surface area (Å²) in [6.45, 7) is 1.70. The second-order valence-corrected chi connectivity index (χ2v) is 7.15. The van der Waals surface area contributed by atoms with Gasteiger partial charge in [0, 0.05) is 11.6 Å². The van der Waals surface area contributed by atoms with E-state index in [2.05, 4.69) is 10.6 Å². The average Bonchev–Trinajstić information content (AvgIpc) is 2.74. The van der Waals surface area contributed by atoms with Crippen molar-refractivity contribution in [3.05, 3.63) is 99.8 Å². The zero-order chi connectivity index (χ0) is 21.7. The van der Waals surface area contributed by atoms with Gasteiger partial charge in [0.2, 0.25) is 0 Å². The third kappa shape index (κ3) is 5.03. The van der Waals surface area contributed by atoms with E-state index in [0.29, 0.717) is 16.1 Å². The Bertz CT molecular complexity index is 1070. The Morgan fingerprint density at radius 1 is 0.967 bits per heavy atom. The Morgan fingerprint density at radius 3 is 2.33 bits per heavy atom. The molecule has 30 heavy (non-hydrogen) atoms. The fourth-order valence-corrected chi connectivity index (χ4v) is 3.06. The Balaban J connectivity index is 1.75. The molecule has 154 valence electrons. The number of carbonyl (C=O) groups excluding carboxylic acids is 2. The predicted octanol–water partition coefficient (Wildman–Crippen LogP) is 4.50. The lowest BCUT2D eigenvalue weighted by Crippen LogP contribution is -2.29. The number of aryl methyl sites for hydroxylation is 1. The number of amides is 2. The Labute approximate surface area is 178 Å². The van der Waals surface area contributed by atoms with Crippen molar-refractivity contribution in [3.63, 3.8) is 0 Å². The van der Waals surface area contributed by atoms with Gasteiger partial charge in [-0.3, -0.25) is 9.59 Å². The van der Waals surface area contributed by atoms with Crippen molar-refractivity contribution in [2.24, 2.45) is 0 Å². The van der Waals surface area contributed by atoms with Crippen LogP contribution in [-0.2, 0) is 0 Å². The van der Waals surface area contributed by atoms with Crippen LogP contribution < -0.4 is 10.6 Å². The number of nitrogens with one attached hydrogen (secondary N) is 2. The van der Waals surface area contributed by atoms with Crippen molar-refractivity contribution in [1.82, 2.24) is 5.32 Å². The van der Waals surface area contributed by atoms with Gasteiger partial charge in [-0.05, 0) is 48.4 Å². The molecule has 2 amide bonds. The zero-order valence-corrected chi connectivity index (χ0v) is 16.9. The fraction of sp³-hybridized carbons (Fsp3) is 0.130. The first-order chi connectivity index (χ1) is 14.4. The highest BCUT2D eigenvalue weighted by molar-refractivity contribution is 6.30. The molecule has 0 bridgehead atoms. The molecule has 3 aromatic rings. The predicted molar refractivity (Wildman–Crippen MR) is 114 cm³/mol. The summed E-state index contributed by atoms with van der Waals surface area (Å²) in [5.41, 5.74) is 1.63. The van der Waals surface area contributed by atoms with Gasteiger partial charge in [-0.1, -0.05) is 48.0 Å². The van der Waals surface area contributed by atoms with Crippen LogP contribution in [0.15, 0.2) is 66.7 Å². The molecular formula is C23H20ClFN2O3. The number of benzene rings is 3. The quantitative estimate of drug-likeness (QED) is 0.543. The minimum absolute atomic E-state index is 0.0326. The first-order valence-corrected chi connectivity index (χ1v) is 9.62. The summed E-state index contributed by atoms with van der Waals surface area (Å²) in [5, 5.41) is 16.1. The second kappa shape index (κ2) is 9.52. The van der Waals surface area contributed by atoms with Crippen molar-refractivity contribution in [3.8, 4) is 0 Å². The maximum Gasteiger partial charge on any atom is 0.258 e. The van der Waals surface area contributed by atoms with Gasteiger partial charge in [0.05, 0.1) is 22.9 Å². The number of hydrogen-bond donors (Lipinski definition) is 3. The summed E-state index contributed by atoms with van der Waals surface area (Å²) in [5.74, 6) is -1.78. The largest absolute Gasteiger partial charge is 0.387 e. The number of carbonyl (C=O) groups is 2. The molecule has 5 nitrogen and oxygen atoms in total. The Kier molecular flexibility index (Phi) is 6.82. The Morgan fingerprint density at radius 2 is 1.63 bits per heavy atom. The number of aliphatic hydroxyl groups is 1. The zero-order valence-electron chi connectivity index (χ0n) is 16.2. The normalized spacial score (nSPS) is 11.6. The van der Waals surface area contributed by atoms with Gasteiger partial charge in [-0.15, -0.1) is 0 Å². The molecule has 1 unspecified atom stereocenters. The van der Waals surface area contributed by atoms with E-state index in [0.717, 1.165) is 0 Å². The summed E-state index contributed by atoms with van der Waals surface area (Å²) in [6, 6.07) is 17.2. The van der Waals surface area contributed by atoms with Crippen LogP contribution in [0.4, 0.5) is 10.1 Å². The molecule has 0 radical (unpaired) electrons. The first-order valence-electron chi connectivity index (χ1n) is 9.24. The molecule has 7 heteroatoms. The second-order valence-electron chi connectivity index (χ2n) is 6.71. The molecule has 0 saturated carbocycles. The van der Waals surface area contributed by atoms with Crippen LogP contribution in [0.5, 0.6) is 0 Å². The molecule has 0 saturated heterocycles. The van der Waals surface area contributed by atoms with E-state index >= 15 is 0 Å². The lowest BCUT2D eigenvalue weighted by molar-refractivity contribution is 0.0917. The van der Waals surface area contributed by atoms with E-state index in [9.17, 15) is 19.1 Å². The monoisotopic (exact) mass is 426 g/mol. The van der Waals surface area contributed by atoms with Gasteiger partial charge in [0.1, 0.15) is 5.82 Å². The lowest BCUT2D eigenvalue weighted by Gasteiger charge is -2.16. The molecule has 0 aliphatic carbocycles. The van der Waals surface area contributed by atoms with E-state index in [1.165, 1.54) is 18.2 Å². The molecule has 3 aromatic carbocycles. The van der Waals surface area contributed by atoms with Crippen molar-refractivity contribution < 1.29 is 19.1 Å². The maximum atomic E-state index is 13.9. The van der Waals surface area contributed by atoms with Crippen LogP contribution >= 0.6 is 11.6 Å². The van der Waals surface area contributed by atoms with E-state index in [1.54, 1.807) is 55.5 Å². The first kappa shape index (κ1) is 21.5. The summed E-state index contributed by atoms with van der Waals surface area (Å²) in [7, 11) is 0. The lowest BCUT2D eigenvalue weighted by atomic mass is 10.1. The summed E-state index contributed by atoms with van der Waals surface area (Å²) in [4.78, 5) is 25.2. The minimum atomic E-state index is -0.924. The topological polar surface area (TPSA) is 78.4 Å². The molecule has 0 aliphatic heterocycles. The smallest absolute Gasteiger partial charge is 0.258 e. The van der Waals surface area contributed by atoms with Crippen LogP contribution in [0.3, 0.4) is 0 Å². The molecular weight excluding hydrogens is 407 g/mol. The van der Waals surface area contributed by atoms with Crippen LogP contribution in [0.25, 0.3) is 0 Å². The molecule has 0 fully saturated rings. The maximum absolute atomic E-state index is 13.9. The molecule has 3 rings (SSSR count). The standard InChI is InChI=1S/C23H20ClFN2O3/c1-14-5-4-7-18(21(14)27-23(30)17-6-2-3-8-19(17)25)22(29)26-13-20(28)15-9-11-16(24)12-10-15/h2-12,20,28H,13H2,1H3,(H,26,29)(H,27,30). The molecule has 0 aliphatic rings. The fourth-order valence-electron chi connectivity index (χ4n) is 2.94. The van der Waals surface area contributed by atoms with Gasteiger partial charge >= 0.3 is 0 Å². The SMILES string of the molecule is Cc1cccc(C(=O)NCC(O)c2ccc(Cl)cc2)c1NC(=O)c1ccccc1F. The highest BCUT2D eigenvalue weighted by Crippen LogP contribution is 2.23. The van der Waals surface area contributed by atoms with Gasteiger partial charge in [-0.2, -0.15) is 0 Å². The van der Waals surface area contributed by atoms with Crippen molar-refractivity contribution in [2.45, 2.75) is 13.0 Å². The van der Waals surface area contributed by atoms with Gasteiger partial charge in [0.25, 0.3) is 11.8 Å². The average molecular weight is 427 g/mol. The van der Waals surface area contributed by atoms with E-state index in [4.69, 9.17) is 11.6 Å². The number of anilines is 1. The molecule has 0 heterocycles. The van der Waals surface area contributed by atoms with E-state index < -0.39 is 23.7 Å². The highest BCUT2D eigenvalue weighted by Gasteiger charge is 2.19. The number of para-hydroxylation sites is 1. The number of aliphatic hydroxyl groups excluding tert-OH is 1.